The molecule has 0 aliphatic carbocycles. The van der Waals surface area contributed by atoms with Crippen LogP contribution in [0.15, 0.2) is 30.3 Å². The Hall–Kier alpha value is -2.97. The van der Waals surface area contributed by atoms with E-state index in [1.807, 2.05) is 24.3 Å². The molecule has 46 heavy (non-hydrogen) atoms. The zero-order valence-corrected chi connectivity index (χ0v) is 27.9. The number of aliphatic hydroxyl groups excluding tert-OH is 3. The van der Waals surface area contributed by atoms with Crippen LogP contribution in [0.3, 0.4) is 0 Å². The van der Waals surface area contributed by atoms with Crippen LogP contribution in [0.4, 0.5) is 0 Å². The van der Waals surface area contributed by atoms with Gasteiger partial charge in [-0.3, -0.25) is 9.59 Å². The van der Waals surface area contributed by atoms with Crippen molar-refractivity contribution >= 4 is 41.0 Å². The SMILES string of the molecule is CO[C@H]1O[C@H](CO)[C@@H](O)[C@H](O)[C@H]1OC(=O)c1cc(Cl)c(OCc2cccc(CNC(=O)CCCC(=O)OC(C)(C)C)c2)c(Cl)c1C. The van der Waals surface area contributed by atoms with Gasteiger partial charge in [-0.15, -0.1) is 0 Å². The molecule has 14 heteroatoms. The molecule has 1 fully saturated rings. The number of ether oxygens (including phenoxy) is 5. The molecule has 0 radical (unpaired) electrons. The smallest absolute Gasteiger partial charge is 0.339 e. The minimum atomic E-state index is -1.60. The summed E-state index contributed by atoms with van der Waals surface area (Å²) in [5.74, 6) is -1.30. The maximum absolute atomic E-state index is 13.1. The molecule has 0 bridgehead atoms. The fourth-order valence-corrected chi connectivity index (χ4v) is 5.22. The monoisotopic (exact) mass is 685 g/mol. The highest BCUT2D eigenvalue weighted by Gasteiger charge is 2.47. The van der Waals surface area contributed by atoms with Crippen LogP contribution in [0.1, 0.15) is 67.1 Å². The van der Waals surface area contributed by atoms with Crippen molar-refractivity contribution in [2.75, 3.05) is 13.7 Å². The number of carbonyl (C=O) groups is 3. The molecule has 1 saturated heterocycles. The number of methoxy groups -OCH3 is 1. The average molecular weight is 687 g/mol. The molecule has 1 heterocycles. The van der Waals surface area contributed by atoms with E-state index in [4.69, 9.17) is 46.9 Å². The first-order valence-electron chi connectivity index (χ1n) is 14.7. The van der Waals surface area contributed by atoms with Crippen LogP contribution < -0.4 is 10.1 Å². The average Bonchev–Trinajstić information content (AvgIpc) is 2.99. The molecule has 1 aliphatic rings. The summed E-state index contributed by atoms with van der Waals surface area (Å²) in [5, 5.41) is 33.0. The van der Waals surface area contributed by atoms with Crippen LogP contribution in [-0.2, 0) is 41.7 Å². The fourth-order valence-electron chi connectivity index (χ4n) is 4.66. The van der Waals surface area contributed by atoms with Gasteiger partial charge in [0.15, 0.2) is 18.1 Å². The topological polar surface area (TPSA) is 170 Å². The zero-order chi connectivity index (χ0) is 34.2. The van der Waals surface area contributed by atoms with E-state index >= 15 is 0 Å². The van der Waals surface area contributed by atoms with Crippen LogP contribution in [-0.4, -0.2) is 83.2 Å². The van der Waals surface area contributed by atoms with E-state index in [1.54, 1.807) is 27.7 Å². The summed E-state index contributed by atoms with van der Waals surface area (Å²) in [4.78, 5) is 37.2. The first-order chi connectivity index (χ1) is 21.6. The minimum Gasteiger partial charge on any atom is -0.486 e. The number of hydrogen-bond acceptors (Lipinski definition) is 11. The standard InChI is InChI=1S/C32H41Cl2NO11/c1-17-20(30(41)45-29-27(40)26(39)22(15-36)44-31(29)42-5)13-21(33)28(25(17)34)43-16-19-9-6-8-18(12-19)14-35-23(37)10-7-11-24(38)46-32(2,3)4/h6,8-9,12-13,22,26-27,29,31,36,39-40H,7,10-11,14-16H2,1-5H3,(H,35,37)/t22-,26-,27+,29-,31+/m1/s1. The predicted octanol–water partition coefficient (Wildman–Crippen LogP) is 3.62. The molecule has 0 aromatic heterocycles. The second-order valence-electron chi connectivity index (χ2n) is 11.8. The molecular formula is C32H41Cl2NO11. The molecule has 2 aromatic rings. The van der Waals surface area contributed by atoms with Crippen molar-refractivity contribution in [3.8, 4) is 5.75 Å². The van der Waals surface area contributed by atoms with Crippen molar-refractivity contribution < 1.29 is 53.4 Å². The Morgan fingerprint density at radius 2 is 1.74 bits per heavy atom. The molecule has 2 aromatic carbocycles. The first-order valence-corrected chi connectivity index (χ1v) is 15.4. The van der Waals surface area contributed by atoms with Crippen molar-refractivity contribution in [3.05, 3.63) is 62.6 Å². The van der Waals surface area contributed by atoms with E-state index in [9.17, 15) is 29.7 Å². The number of amides is 1. The number of halogens is 2. The van der Waals surface area contributed by atoms with Crippen LogP contribution in [0.2, 0.25) is 10.0 Å². The molecule has 12 nitrogen and oxygen atoms in total. The molecular weight excluding hydrogens is 645 g/mol. The Labute approximate surface area is 277 Å². The summed E-state index contributed by atoms with van der Waals surface area (Å²) < 4.78 is 27.1. The summed E-state index contributed by atoms with van der Waals surface area (Å²) in [6, 6.07) is 8.65. The third-order valence-electron chi connectivity index (χ3n) is 7.01. The Morgan fingerprint density at radius 3 is 2.39 bits per heavy atom. The molecule has 3 rings (SSSR count). The van der Waals surface area contributed by atoms with E-state index in [0.717, 1.165) is 11.1 Å². The Morgan fingerprint density at radius 1 is 1.04 bits per heavy atom. The third-order valence-corrected chi connectivity index (χ3v) is 7.75. The largest absolute Gasteiger partial charge is 0.486 e. The lowest BCUT2D eigenvalue weighted by Crippen LogP contribution is -2.60. The van der Waals surface area contributed by atoms with Crippen LogP contribution in [0.25, 0.3) is 0 Å². The maximum Gasteiger partial charge on any atom is 0.339 e. The van der Waals surface area contributed by atoms with Crippen LogP contribution in [0, 0.1) is 6.92 Å². The molecule has 0 saturated carbocycles. The number of carbonyl (C=O) groups excluding carboxylic acids is 3. The molecule has 4 N–H and O–H groups in total. The predicted molar refractivity (Wildman–Crippen MR) is 167 cm³/mol. The Kier molecular flexibility index (Phi) is 13.6. The molecule has 1 aliphatic heterocycles. The molecule has 0 spiro atoms. The zero-order valence-electron chi connectivity index (χ0n) is 26.4. The van der Waals surface area contributed by atoms with E-state index in [-0.39, 0.29) is 59.2 Å². The molecule has 254 valence electrons. The number of esters is 2. The van der Waals surface area contributed by atoms with Gasteiger partial charge < -0.3 is 44.3 Å². The Balaban J connectivity index is 1.58. The quantitative estimate of drug-likeness (QED) is 0.227. The lowest BCUT2D eigenvalue weighted by Gasteiger charge is -2.40. The van der Waals surface area contributed by atoms with E-state index in [2.05, 4.69) is 5.32 Å². The van der Waals surface area contributed by atoms with Gasteiger partial charge in [0.25, 0.3) is 0 Å². The second kappa shape index (κ2) is 16.7. The summed E-state index contributed by atoms with van der Waals surface area (Å²) >= 11 is 13.0. The van der Waals surface area contributed by atoms with Gasteiger partial charge in [0, 0.05) is 26.5 Å². The van der Waals surface area contributed by atoms with Gasteiger partial charge in [0.2, 0.25) is 5.91 Å². The fraction of sp³-hybridized carbons (Fsp3) is 0.531. The van der Waals surface area contributed by atoms with E-state index < -0.39 is 48.9 Å². The number of rotatable bonds is 13. The number of benzene rings is 2. The van der Waals surface area contributed by atoms with Gasteiger partial charge in [0.05, 0.1) is 22.2 Å². The molecule has 0 unspecified atom stereocenters. The summed E-state index contributed by atoms with van der Waals surface area (Å²) in [5.41, 5.74) is 1.31. The Bertz CT molecular complexity index is 1380. The van der Waals surface area contributed by atoms with Crippen LogP contribution in [0.5, 0.6) is 5.75 Å². The third kappa shape index (κ3) is 10.3. The van der Waals surface area contributed by atoms with Gasteiger partial charge in [-0.05, 0) is 56.9 Å². The summed E-state index contributed by atoms with van der Waals surface area (Å²) in [6.45, 7) is 6.71. The summed E-state index contributed by atoms with van der Waals surface area (Å²) in [7, 11) is 1.26. The number of hydrogen-bond donors (Lipinski definition) is 4. The van der Waals surface area contributed by atoms with E-state index in [0.29, 0.717) is 12.0 Å². The molecule has 1 amide bonds. The van der Waals surface area contributed by atoms with Crippen molar-refractivity contribution in [2.45, 2.75) is 96.4 Å². The first kappa shape index (κ1) is 37.5. The summed E-state index contributed by atoms with van der Waals surface area (Å²) in [6.07, 6.45) is -6.17. The van der Waals surface area contributed by atoms with Crippen molar-refractivity contribution in [1.82, 2.24) is 5.32 Å². The van der Waals surface area contributed by atoms with Crippen molar-refractivity contribution in [3.63, 3.8) is 0 Å². The highest BCUT2D eigenvalue weighted by Crippen LogP contribution is 2.39. The van der Waals surface area contributed by atoms with Crippen molar-refractivity contribution in [2.24, 2.45) is 0 Å². The van der Waals surface area contributed by atoms with Gasteiger partial charge >= 0.3 is 11.9 Å². The normalized spacial score (nSPS) is 21.4. The maximum atomic E-state index is 13.1. The van der Waals surface area contributed by atoms with Gasteiger partial charge in [-0.1, -0.05) is 47.5 Å². The van der Waals surface area contributed by atoms with Gasteiger partial charge in [-0.2, -0.15) is 0 Å². The second-order valence-corrected chi connectivity index (χ2v) is 12.6. The number of aliphatic hydroxyl groups is 3. The highest BCUT2D eigenvalue weighted by atomic mass is 35.5. The van der Waals surface area contributed by atoms with Gasteiger partial charge in [0.1, 0.15) is 30.5 Å². The van der Waals surface area contributed by atoms with Gasteiger partial charge in [-0.25, -0.2) is 4.79 Å². The minimum absolute atomic E-state index is 0.00740. The lowest BCUT2D eigenvalue weighted by atomic mass is 9.99. The highest BCUT2D eigenvalue weighted by molar-refractivity contribution is 6.38. The number of nitrogens with one attached hydrogen (secondary N) is 1. The van der Waals surface area contributed by atoms with Crippen LogP contribution >= 0.6 is 23.2 Å². The van der Waals surface area contributed by atoms with Crippen molar-refractivity contribution in [1.29, 1.82) is 0 Å². The molecule has 5 atom stereocenters. The van der Waals surface area contributed by atoms with E-state index in [1.165, 1.54) is 13.2 Å². The lowest BCUT2D eigenvalue weighted by molar-refractivity contribution is -0.293.